The van der Waals surface area contributed by atoms with Crippen LogP contribution in [0.25, 0.3) is 0 Å². The second-order valence-corrected chi connectivity index (χ2v) is 5.55. The monoisotopic (exact) mass is 334 g/mol. The first-order chi connectivity index (χ1) is 9.47. The number of nitrogens with one attached hydrogen (secondary N) is 1. The summed E-state index contributed by atoms with van der Waals surface area (Å²) in [5, 5.41) is 14.2. The Morgan fingerprint density at radius 2 is 1.85 bits per heavy atom. The lowest BCUT2D eigenvalue weighted by Crippen LogP contribution is -2.06. The van der Waals surface area contributed by atoms with E-state index in [9.17, 15) is 10.1 Å². The smallest absolute Gasteiger partial charge is 0.285 e. The van der Waals surface area contributed by atoms with Crippen LogP contribution in [0.1, 0.15) is 24.1 Å². The highest BCUT2D eigenvalue weighted by Crippen LogP contribution is 2.29. The molecule has 0 aliphatic heterocycles. The van der Waals surface area contributed by atoms with Crippen molar-refractivity contribution < 1.29 is 4.92 Å². The first-order valence-corrected chi connectivity index (χ1v) is 7.03. The molecule has 0 radical (unpaired) electrons. The van der Waals surface area contributed by atoms with Crippen molar-refractivity contribution in [3.8, 4) is 0 Å². The minimum atomic E-state index is -0.397. The van der Waals surface area contributed by atoms with Gasteiger partial charge >= 0.3 is 0 Å². The summed E-state index contributed by atoms with van der Waals surface area (Å²) in [5.74, 6) is 0. The van der Waals surface area contributed by atoms with Crippen molar-refractivity contribution in [3.63, 3.8) is 0 Å². The number of benzene rings is 2. The van der Waals surface area contributed by atoms with Gasteiger partial charge in [0.05, 0.1) is 9.40 Å². The van der Waals surface area contributed by atoms with Crippen molar-refractivity contribution in [2.24, 2.45) is 0 Å². The average molecular weight is 335 g/mol. The van der Waals surface area contributed by atoms with Crippen LogP contribution >= 0.6 is 15.9 Å². The van der Waals surface area contributed by atoms with E-state index >= 15 is 0 Å². The maximum absolute atomic E-state index is 10.9. The molecule has 4 nitrogen and oxygen atoms in total. The number of nitro benzene ring substituents is 1. The molecule has 2 aromatic carbocycles. The van der Waals surface area contributed by atoms with Crippen molar-refractivity contribution in [3.05, 3.63) is 68.2 Å². The molecule has 0 saturated heterocycles. The molecule has 20 heavy (non-hydrogen) atoms. The number of hydrogen-bond acceptors (Lipinski definition) is 3. The summed E-state index contributed by atoms with van der Waals surface area (Å²) in [6.45, 7) is 4.07. The van der Waals surface area contributed by atoms with Gasteiger partial charge in [-0.3, -0.25) is 10.1 Å². The Morgan fingerprint density at radius 1 is 1.20 bits per heavy atom. The Labute approximate surface area is 126 Å². The summed E-state index contributed by atoms with van der Waals surface area (Å²) < 4.78 is 0.482. The van der Waals surface area contributed by atoms with Crippen LogP contribution in [0.3, 0.4) is 0 Å². The van der Waals surface area contributed by atoms with Crippen LogP contribution in [-0.2, 0) is 0 Å². The standard InChI is InChI=1S/C15H15BrN2O2/c1-10-3-5-12(6-4-10)11(2)17-13-7-8-14(16)15(9-13)18(19)20/h3-9,11,17H,1-2H3. The van der Waals surface area contributed by atoms with Gasteiger partial charge < -0.3 is 5.32 Å². The third-order valence-corrected chi connectivity index (χ3v) is 3.77. The van der Waals surface area contributed by atoms with E-state index in [4.69, 9.17) is 0 Å². The fraction of sp³-hybridized carbons (Fsp3) is 0.200. The SMILES string of the molecule is Cc1ccc(C(C)Nc2ccc(Br)c([N+](=O)[O-])c2)cc1. The zero-order valence-corrected chi connectivity index (χ0v) is 12.8. The van der Waals surface area contributed by atoms with Gasteiger partial charge in [0.25, 0.3) is 5.69 Å². The highest BCUT2D eigenvalue weighted by atomic mass is 79.9. The zero-order chi connectivity index (χ0) is 14.7. The highest BCUT2D eigenvalue weighted by Gasteiger charge is 2.13. The second-order valence-electron chi connectivity index (χ2n) is 4.70. The van der Waals surface area contributed by atoms with Gasteiger partial charge in [-0.25, -0.2) is 0 Å². The zero-order valence-electron chi connectivity index (χ0n) is 11.3. The Hall–Kier alpha value is -1.88. The lowest BCUT2D eigenvalue weighted by Gasteiger charge is -2.16. The molecule has 0 spiro atoms. The summed E-state index contributed by atoms with van der Waals surface area (Å²) in [6.07, 6.45) is 0. The molecule has 0 heterocycles. The summed E-state index contributed by atoms with van der Waals surface area (Å²) in [4.78, 5) is 10.5. The van der Waals surface area contributed by atoms with Crippen LogP contribution in [0.2, 0.25) is 0 Å². The van der Waals surface area contributed by atoms with Gasteiger partial charge in [-0.2, -0.15) is 0 Å². The molecule has 0 aliphatic rings. The molecule has 0 amide bonds. The molecule has 1 unspecified atom stereocenters. The number of halogens is 1. The van der Waals surface area contributed by atoms with Gasteiger partial charge in [-0.05, 0) is 47.5 Å². The van der Waals surface area contributed by atoms with Crippen LogP contribution in [0.4, 0.5) is 11.4 Å². The molecular formula is C15H15BrN2O2. The van der Waals surface area contributed by atoms with E-state index in [1.54, 1.807) is 6.07 Å². The van der Waals surface area contributed by atoms with Crippen LogP contribution in [0.5, 0.6) is 0 Å². The quantitative estimate of drug-likeness (QED) is 0.642. The molecule has 1 atom stereocenters. The van der Waals surface area contributed by atoms with E-state index in [2.05, 4.69) is 45.5 Å². The maximum atomic E-state index is 10.9. The van der Waals surface area contributed by atoms with E-state index < -0.39 is 4.92 Å². The molecule has 0 aliphatic carbocycles. The number of hydrogen-bond donors (Lipinski definition) is 1. The summed E-state index contributed by atoms with van der Waals surface area (Å²) in [5.41, 5.74) is 3.14. The Morgan fingerprint density at radius 3 is 2.45 bits per heavy atom. The Balaban J connectivity index is 2.19. The fourth-order valence-electron chi connectivity index (χ4n) is 1.93. The molecule has 104 valence electrons. The Kier molecular flexibility index (Phi) is 4.39. The van der Waals surface area contributed by atoms with E-state index in [0.717, 1.165) is 11.3 Å². The molecule has 2 rings (SSSR count). The number of nitro groups is 1. The van der Waals surface area contributed by atoms with Crippen molar-refractivity contribution >= 4 is 27.3 Å². The lowest BCUT2D eigenvalue weighted by molar-refractivity contribution is -0.385. The van der Waals surface area contributed by atoms with Crippen molar-refractivity contribution in [2.75, 3.05) is 5.32 Å². The first-order valence-electron chi connectivity index (χ1n) is 6.24. The molecule has 0 bridgehead atoms. The predicted molar refractivity (Wildman–Crippen MR) is 84.0 cm³/mol. The van der Waals surface area contributed by atoms with Crippen molar-refractivity contribution in [1.29, 1.82) is 0 Å². The fourth-order valence-corrected chi connectivity index (χ4v) is 2.32. The number of anilines is 1. The van der Waals surface area contributed by atoms with Gasteiger partial charge in [0.15, 0.2) is 0 Å². The van der Waals surface area contributed by atoms with Gasteiger partial charge in [-0.15, -0.1) is 0 Å². The van der Waals surface area contributed by atoms with Crippen LogP contribution in [0.15, 0.2) is 46.9 Å². The third-order valence-electron chi connectivity index (χ3n) is 3.10. The second kappa shape index (κ2) is 6.05. The largest absolute Gasteiger partial charge is 0.378 e. The van der Waals surface area contributed by atoms with Gasteiger partial charge in [-0.1, -0.05) is 29.8 Å². The Bertz CT molecular complexity index is 626. The minimum Gasteiger partial charge on any atom is -0.378 e. The van der Waals surface area contributed by atoms with Crippen LogP contribution in [-0.4, -0.2) is 4.92 Å². The van der Waals surface area contributed by atoms with Gasteiger partial charge in [0.2, 0.25) is 0 Å². The summed E-state index contributed by atoms with van der Waals surface area (Å²) in [6, 6.07) is 13.3. The number of aryl methyl sites for hydroxylation is 1. The normalized spacial score (nSPS) is 11.9. The minimum absolute atomic E-state index is 0.0612. The molecule has 2 aromatic rings. The van der Waals surface area contributed by atoms with Crippen LogP contribution in [0, 0.1) is 17.0 Å². The van der Waals surface area contributed by atoms with Crippen molar-refractivity contribution in [2.45, 2.75) is 19.9 Å². The van der Waals surface area contributed by atoms with Crippen LogP contribution < -0.4 is 5.32 Å². The van der Waals surface area contributed by atoms with Crippen molar-refractivity contribution in [1.82, 2.24) is 0 Å². The topological polar surface area (TPSA) is 55.2 Å². The molecule has 1 N–H and O–H groups in total. The molecule has 0 aromatic heterocycles. The van der Waals surface area contributed by atoms with E-state index in [1.165, 1.54) is 11.6 Å². The van der Waals surface area contributed by atoms with Gasteiger partial charge in [0, 0.05) is 17.8 Å². The van der Waals surface area contributed by atoms with Gasteiger partial charge in [0.1, 0.15) is 0 Å². The highest BCUT2D eigenvalue weighted by molar-refractivity contribution is 9.10. The summed E-state index contributed by atoms with van der Waals surface area (Å²) in [7, 11) is 0. The molecule has 0 saturated carbocycles. The molecule has 0 fully saturated rings. The predicted octanol–water partition coefficient (Wildman–Crippen LogP) is 4.84. The first kappa shape index (κ1) is 14.5. The number of nitrogens with zero attached hydrogens (tertiary/aromatic N) is 1. The average Bonchev–Trinajstić information content (AvgIpc) is 2.41. The molecular weight excluding hydrogens is 320 g/mol. The maximum Gasteiger partial charge on any atom is 0.285 e. The number of rotatable bonds is 4. The summed E-state index contributed by atoms with van der Waals surface area (Å²) >= 11 is 3.18. The molecule has 5 heteroatoms. The van der Waals surface area contributed by atoms with E-state index in [1.807, 2.05) is 19.9 Å². The van der Waals surface area contributed by atoms with E-state index in [0.29, 0.717) is 4.47 Å². The van der Waals surface area contributed by atoms with E-state index in [-0.39, 0.29) is 11.7 Å². The lowest BCUT2D eigenvalue weighted by atomic mass is 10.1. The third kappa shape index (κ3) is 3.36.